The highest BCUT2D eigenvalue weighted by molar-refractivity contribution is 7.13. The number of rotatable bonds is 5. The Balaban J connectivity index is 1.36. The van der Waals surface area contributed by atoms with E-state index in [0.29, 0.717) is 43.2 Å². The molecule has 2 aromatic carbocycles. The summed E-state index contributed by atoms with van der Waals surface area (Å²) in [6.07, 6.45) is 0. The first-order valence-corrected chi connectivity index (χ1v) is 10.8. The average molecular weight is 438 g/mol. The van der Waals surface area contributed by atoms with Crippen molar-refractivity contribution in [1.29, 1.82) is 0 Å². The molecule has 0 atom stereocenters. The quantitative estimate of drug-likeness (QED) is 0.612. The van der Waals surface area contributed by atoms with Crippen LogP contribution < -0.4 is 9.47 Å². The van der Waals surface area contributed by atoms with E-state index in [1.54, 1.807) is 53.7 Å². The first kappa shape index (κ1) is 20.9. The van der Waals surface area contributed by atoms with E-state index in [9.17, 15) is 9.59 Å². The molecule has 0 N–H and O–H groups in total. The molecule has 7 nitrogen and oxygen atoms in total. The SMILES string of the molecule is COc1ccc(C(=O)N2CCN(C(=O)c3csc(-c4ccc(OC)cc4)n3)CC2)cc1. The van der Waals surface area contributed by atoms with E-state index in [-0.39, 0.29) is 11.8 Å². The summed E-state index contributed by atoms with van der Waals surface area (Å²) in [6.45, 7) is 1.95. The molecule has 3 aromatic rings. The fourth-order valence-corrected chi connectivity index (χ4v) is 4.23. The molecule has 2 amide bonds. The van der Waals surface area contributed by atoms with Gasteiger partial charge in [-0.15, -0.1) is 11.3 Å². The van der Waals surface area contributed by atoms with Crippen LogP contribution in [0.2, 0.25) is 0 Å². The fraction of sp³-hybridized carbons (Fsp3) is 0.261. The predicted octanol–water partition coefficient (Wildman–Crippen LogP) is 3.43. The third-order valence-corrected chi connectivity index (χ3v) is 6.14. The Labute approximate surface area is 184 Å². The van der Waals surface area contributed by atoms with Gasteiger partial charge in [0.1, 0.15) is 22.2 Å². The molecular weight excluding hydrogens is 414 g/mol. The zero-order valence-electron chi connectivity index (χ0n) is 17.4. The number of hydrogen-bond donors (Lipinski definition) is 0. The molecule has 4 rings (SSSR count). The summed E-state index contributed by atoms with van der Waals surface area (Å²) in [7, 11) is 3.22. The zero-order chi connectivity index (χ0) is 21.8. The minimum Gasteiger partial charge on any atom is -0.497 e. The van der Waals surface area contributed by atoms with E-state index in [0.717, 1.165) is 16.3 Å². The van der Waals surface area contributed by atoms with E-state index in [2.05, 4.69) is 4.98 Å². The van der Waals surface area contributed by atoms with E-state index in [1.165, 1.54) is 11.3 Å². The minimum atomic E-state index is -0.104. The number of nitrogens with zero attached hydrogens (tertiary/aromatic N) is 3. The molecule has 0 saturated carbocycles. The fourth-order valence-electron chi connectivity index (χ4n) is 3.43. The summed E-state index contributed by atoms with van der Waals surface area (Å²) in [5.74, 6) is 1.35. The number of carbonyl (C=O) groups is 2. The number of carbonyl (C=O) groups excluding carboxylic acids is 2. The number of piperazine rings is 1. The average Bonchev–Trinajstić information content (AvgIpc) is 3.34. The van der Waals surface area contributed by atoms with E-state index in [4.69, 9.17) is 9.47 Å². The molecule has 31 heavy (non-hydrogen) atoms. The first-order valence-electron chi connectivity index (χ1n) is 9.91. The molecule has 8 heteroatoms. The van der Waals surface area contributed by atoms with Crippen LogP contribution in [0.25, 0.3) is 10.6 Å². The maximum Gasteiger partial charge on any atom is 0.273 e. The second kappa shape index (κ2) is 9.18. The van der Waals surface area contributed by atoms with Gasteiger partial charge in [0.25, 0.3) is 11.8 Å². The molecule has 1 aliphatic heterocycles. The van der Waals surface area contributed by atoms with Crippen molar-refractivity contribution < 1.29 is 19.1 Å². The molecule has 0 unspecified atom stereocenters. The molecule has 0 spiro atoms. The van der Waals surface area contributed by atoms with Crippen LogP contribution in [0.4, 0.5) is 0 Å². The van der Waals surface area contributed by atoms with Crippen LogP contribution in [-0.4, -0.2) is 67.0 Å². The monoisotopic (exact) mass is 437 g/mol. The Bertz CT molecular complexity index is 1060. The van der Waals surface area contributed by atoms with Crippen molar-refractivity contribution in [2.24, 2.45) is 0 Å². The van der Waals surface area contributed by atoms with Crippen molar-refractivity contribution in [2.75, 3.05) is 40.4 Å². The van der Waals surface area contributed by atoms with E-state index in [1.807, 2.05) is 24.3 Å². The summed E-state index contributed by atoms with van der Waals surface area (Å²) < 4.78 is 10.3. The number of amides is 2. The molecule has 2 heterocycles. The number of aromatic nitrogens is 1. The lowest BCUT2D eigenvalue weighted by Crippen LogP contribution is -2.50. The van der Waals surface area contributed by atoms with Gasteiger partial charge in [-0.3, -0.25) is 9.59 Å². The van der Waals surface area contributed by atoms with E-state index < -0.39 is 0 Å². The number of ether oxygens (including phenoxy) is 2. The van der Waals surface area contributed by atoms with Gasteiger partial charge >= 0.3 is 0 Å². The van der Waals surface area contributed by atoms with Crippen LogP contribution in [-0.2, 0) is 0 Å². The van der Waals surface area contributed by atoms with Gasteiger partial charge < -0.3 is 19.3 Å². The molecule has 1 aromatic heterocycles. The summed E-state index contributed by atoms with van der Waals surface area (Å²) in [4.78, 5) is 33.7. The standard InChI is InChI=1S/C23H23N3O4S/c1-29-18-7-3-16(4-8-18)21-24-20(15-31-21)23(28)26-13-11-25(12-14-26)22(27)17-5-9-19(30-2)10-6-17/h3-10,15H,11-14H2,1-2H3. The Morgan fingerprint density at radius 2 is 1.32 bits per heavy atom. The Morgan fingerprint density at radius 1 is 0.806 bits per heavy atom. The topological polar surface area (TPSA) is 72.0 Å². The van der Waals surface area contributed by atoms with Crippen LogP contribution in [0.5, 0.6) is 11.5 Å². The zero-order valence-corrected chi connectivity index (χ0v) is 18.2. The maximum atomic E-state index is 12.9. The molecule has 160 valence electrons. The Hall–Kier alpha value is -3.39. The Kier molecular flexibility index (Phi) is 6.18. The normalized spacial score (nSPS) is 13.7. The van der Waals surface area contributed by atoms with Crippen molar-refractivity contribution in [3.63, 3.8) is 0 Å². The summed E-state index contributed by atoms with van der Waals surface area (Å²) in [5, 5.41) is 2.58. The number of thiazole rings is 1. The van der Waals surface area contributed by atoms with Crippen LogP contribution in [0.3, 0.4) is 0 Å². The second-order valence-corrected chi connectivity index (χ2v) is 7.94. The smallest absolute Gasteiger partial charge is 0.273 e. The second-order valence-electron chi connectivity index (χ2n) is 7.08. The predicted molar refractivity (Wildman–Crippen MR) is 119 cm³/mol. The van der Waals surface area contributed by atoms with Crippen molar-refractivity contribution in [3.8, 4) is 22.1 Å². The molecule has 1 aliphatic rings. The summed E-state index contributed by atoms with van der Waals surface area (Å²) in [5.41, 5.74) is 2.00. The van der Waals surface area contributed by atoms with Gasteiger partial charge in [0.2, 0.25) is 0 Å². The van der Waals surface area contributed by atoms with Crippen LogP contribution in [0, 0.1) is 0 Å². The molecule has 0 bridgehead atoms. The largest absolute Gasteiger partial charge is 0.497 e. The first-order chi connectivity index (χ1) is 15.1. The van der Waals surface area contributed by atoms with Gasteiger partial charge in [-0.05, 0) is 48.5 Å². The van der Waals surface area contributed by atoms with E-state index >= 15 is 0 Å². The molecular formula is C23H23N3O4S. The molecule has 1 saturated heterocycles. The minimum absolute atomic E-state index is 0.0368. The molecule has 1 fully saturated rings. The maximum absolute atomic E-state index is 12.9. The van der Waals surface area contributed by atoms with Gasteiger partial charge in [0.05, 0.1) is 14.2 Å². The third-order valence-electron chi connectivity index (χ3n) is 5.25. The highest BCUT2D eigenvalue weighted by atomic mass is 32.1. The van der Waals surface area contributed by atoms with Crippen LogP contribution in [0.15, 0.2) is 53.9 Å². The highest BCUT2D eigenvalue weighted by Gasteiger charge is 2.26. The molecule has 0 radical (unpaired) electrons. The number of methoxy groups -OCH3 is 2. The third kappa shape index (κ3) is 4.54. The Morgan fingerprint density at radius 3 is 1.87 bits per heavy atom. The van der Waals surface area contributed by atoms with Gasteiger partial charge in [0.15, 0.2) is 0 Å². The van der Waals surface area contributed by atoms with Gasteiger partial charge in [0, 0.05) is 42.7 Å². The lowest BCUT2D eigenvalue weighted by atomic mass is 10.1. The van der Waals surface area contributed by atoms with Crippen LogP contribution in [0.1, 0.15) is 20.8 Å². The lowest BCUT2D eigenvalue weighted by Gasteiger charge is -2.34. The van der Waals surface area contributed by atoms with Crippen molar-refractivity contribution >= 4 is 23.2 Å². The highest BCUT2D eigenvalue weighted by Crippen LogP contribution is 2.26. The lowest BCUT2D eigenvalue weighted by molar-refractivity contribution is 0.0533. The number of benzene rings is 2. The van der Waals surface area contributed by atoms with Gasteiger partial charge in [-0.25, -0.2) is 4.98 Å². The number of hydrogen-bond acceptors (Lipinski definition) is 6. The summed E-state index contributed by atoms with van der Waals surface area (Å²) in [6, 6.07) is 14.7. The van der Waals surface area contributed by atoms with Gasteiger partial charge in [-0.2, -0.15) is 0 Å². The van der Waals surface area contributed by atoms with Crippen molar-refractivity contribution in [1.82, 2.24) is 14.8 Å². The van der Waals surface area contributed by atoms with Crippen molar-refractivity contribution in [2.45, 2.75) is 0 Å². The van der Waals surface area contributed by atoms with Crippen molar-refractivity contribution in [3.05, 3.63) is 65.2 Å². The van der Waals surface area contributed by atoms with Gasteiger partial charge in [-0.1, -0.05) is 0 Å². The summed E-state index contributed by atoms with van der Waals surface area (Å²) >= 11 is 1.44. The molecule has 0 aliphatic carbocycles. The van der Waals surface area contributed by atoms with Crippen LogP contribution >= 0.6 is 11.3 Å².